The summed E-state index contributed by atoms with van der Waals surface area (Å²) in [6.07, 6.45) is 0.936. The predicted molar refractivity (Wildman–Crippen MR) is 70.9 cm³/mol. The number of carboxylic acid groups (broad SMARTS) is 1. The lowest BCUT2D eigenvalue weighted by Crippen LogP contribution is -2.55. The maximum absolute atomic E-state index is 11.2. The van der Waals surface area contributed by atoms with Crippen LogP contribution in [0.4, 0.5) is 10.6 Å². The Morgan fingerprint density at radius 1 is 1.26 bits per heavy atom. The van der Waals surface area contributed by atoms with Crippen molar-refractivity contribution in [3.63, 3.8) is 0 Å². The van der Waals surface area contributed by atoms with Crippen molar-refractivity contribution in [3.8, 4) is 0 Å². The van der Waals surface area contributed by atoms with E-state index in [1.807, 2.05) is 4.90 Å². The molecule has 19 heavy (non-hydrogen) atoms. The second-order valence-corrected chi connectivity index (χ2v) is 5.52. The summed E-state index contributed by atoms with van der Waals surface area (Å²) in [4.78, 5) is 22.8. The van der Waals surface area contributed by atoms with Gasteiger partial charge in [0.05, 0.1) is 12.1 Å². The molecule has 0 saturated carbocycles. The highest BCUT2D eigenvalue weighted by Gasteiger charge is 2.43. The van der Waals surface area contributed by atoms with Crippen LogP contribution in [0.3, 0.4) is 0 Å². The van der Waals surface area contributed by atoms with Crippen molar-refractivity contribution in [1.82, 2.24) is 14.9 Å². The number of hydrogen-bond acceptors (Lipinski definition) is 4. The van der Waals surface area contributed by atoms with Gasteiger partial charge in [0, 0.05) is 19.2 Å². The maximum Gasteiger partial charge on any atom is 0.407 e. The molecule has 2 bridgehead atoms. The maximum atomic E-state index is 11.2. The van der Waals surface area contributed by atoms with E-state index in [1.165, 1.54) is 0 Å². The number of nitrogens with zero attached hydrogens (tertiary/aromatic N) is 4. The van der Waals surface area contributed by atoms with Gasteiger partial charge in [0.15, 0.2) is 0 Å². The molecule has 1 aromatic rings. The van der Waals surface area contributed by atoms with Gasteiger partial charge in [-0.1, -0.05) is 11.6 Å². The Hall–Kier alpha value is -1.27. The number of amides is 1. The van der Waals surface area contributed by atoms with Crippen molar-refractivity contribution in [3.05, 3.63) is 16.5 Å². The summed E-state index contributed by atoms with van der Waals surface area (Å²) in [5, 5.41) is 9.61. The molecule has 1 N–H and O–H groups in total. The SMILES string of the molecule is O=C(O)N1[C@@H]2CC[C@H]1CN(c1cc(Cl)nc(Cl)n1)C2. The Balaban J connectivity index is 1.84. The fourth-order valence-corrected chi connectivity index (χ4v) is 3.34. The van der Waals surface area contributed by atoms with Crippen molar-refractivity contribution in [2.24, 2.45) is 0 Å². The van der Waals surface area contributed by atoms with Crippen LogP contribution in [0.25, 0.3) is 0 Å². The lowest BCUT2D eigenvalue weighted by atomic mass is 10.2. The number of carbonyl (C=O) groups is 1. The molecule has 0 aliphatic carbocycles. The molecule has 3 heterocycles. The third kappa shape index (κ3) is 2.30. The van der Waals surface area contributed by atoms with Crippen LogP contribution in [0.1, 0.15) is 12.8 Å². The smallest absolute Gasteiger partial charge is 0.407 e. The topological polar surface area (TPSA) is 69.6 Å². The molecular formula is C11H12Cl2N4O2. The molecule has 8 heteroatoms. The van der Waals surface area contributed by atoms with Crippen LogP contribution < -0.4 is 4.90 Å². The zero-order valence-electron chi connectivity index (χ0n) is 9.96. The van der Waals surface area contributed by atoms with Gasteiger partial charge >= 0.3 is 6.09 Å². The van der Waals surface area contributed by atoms with Gasteiger partial charge in [-0.3, -0.25) is 4.90 Å². The highest BCUT2D eigenvalue weighted by atomic mass is 35.5. The van der Waals surface area contributed by atoms with Gasteiger partial charge in [0.2, 0.25) is 5.28 Å². The number of halogens is 2. The van der Waals surface area contributed by atoms with Crippen LogP contribution in [-0.4, -0.2) is 51.2 Å². The number of rotatable bonds is 1. The molecule has 3 rings (SSSR count). The highest BCUT2D eigenvalue weighted by molar-refractivity contribution is 6.32. The zero-order chi connectivity index (χ0) is 13.6. The van der Waals surface area contributed by atoms with E-state index in [-0.39, 0.29) is 17.4 Å². The molecule has 0 unspecified atom stereocenters. The van der Waals surface area contributed by atoms with Gasteiger partial charge < -0.3 is 10.0 Å². The minimum atomic E-state index is -0.842. The second kappa shape index (κ2) is 4.68. The molecule has 2 fully saturated rings. The van der Waals surface area contributed by atoms with Crippen LogP contribution in [0.5, 0.6) is 0 Å². The van der Waals surface area contributed by atoms with Crippen molar-refractivity contribution < 1.29 is 9.90 Å². The third-order valence-corrected chi connectivity index (χ3v) is 4.04. The average molecular weight is 303 g/mol. The van der Waals surface area contributed by atoms with Crippen LogP contribution in [0.15, 0.2) is 6.07 Å². The fourth-order valence-electron chi connectivity index (χ4n) is 2.94. The molecule has 0 spiro atoms. The Bertz CT molecular complexity index is 493. The monoisotopic (exact) mass is 302 g/mol. The quantitative estimate of drug-likeness (QED) is 0.635. The van der Waals surface area contributed by atoms with E-state index in [2.05, 4.69) is 9.97 Å². The highest BCUT2D eigenvalue weighted by Crippen LogP contribution is 2.32. The molecule has 6 nitrogen and oxygen atoms in total. The minimum Gasteiger partial charge on any atom is -0.465 e. The average Bonchev–Trinajstić information content (AvgIpc) is 2.59. The Kier molecular flexibility index (Phi) is 3.14. The van der Waals surface area contributed by atoms with E-state index < -0.39 is 6.09 Å². The molecular weight excluding hydrogens is 291 g/mol. The van der Waals surface area contributed by atoms with Crippen LogP contribution in [0, 0.1) is 0 Å². The summed E-state index contributed by atoms with van der Waals surface area (Å²) in [5.74, 6) is 0.659. The Labute approximate surface area is 119 Å². The molecule has 2 aliphatic rings. The zero-order valence-corrected chi connectivity index (χ0v) is 11.5. The first-order valence-electron chi connectivity index (χ1n) is 6.01. The Morgan fingerprint density at radius 2 is 1.89 bits per heavy atom. The number of hydrogen-bond donors (Lipinski definition) is 1. The van der Waals surface area contributed by atoms with E-state index >= 15 is 0 Å². The molecule has 2 aliphatic heterocycles. The van der Waals surface area contributed by atoms with Crippen LogP contribution in [-0.2, 0) is 0 Å². The molecule has 102 valence electrons. The molecule has 0 radical (unpaired) electrons. The van der Waals surface area contributed by atoms with Gasteiger partial charge in [-0.05, 0) is 24.4 Å². The number of aromatic nitrogens is 2. The van der Waals surface area contributed by atoms with Crippen molar-refractivity contribution in [2.75, 3.05) is 18.0 Å². The number of anilines is 1. The first-order chi connectivity index (χ1) is 9.04. The first kappa shape index (κ1) is 12.7. The molecule has 2 atom stereocenters. The van der Waals surface area contributed by atoms with E-state index in [9.17, 15) is 9.90 Å². The minimum absolute atomic E-state index is 0.0174. The summed E-state index contributed by atoms with van der Waals surface area (Å²) in [7, 11) is 0. The van der Waals surface area contributed by atoms with Gasteiger partial charge in [-0.15, -0.1) is 0 Å². The van der Waals surface area contributed by atoms with Gasteiger partial charge in [-0.25, -0.2) is 14.8 Å². The van der Waals surface area contributed by atoms with Crippen molar-refractivity contribution in [1.29, 1.82) is 0 Å². The van der Waals surface area contributed by atoms with Crippen LogP contribution >= 0.6 is 23.2 Å². The third-order valence-electron chi connectivity index (χ3n) is 3.68. The summed E-state index contributed by atoms with van der Waals surface area (Å²) in [5.41, 5.74) is 0. The standard InChI is InChI=1S/C11H12Cl2N4O2/c12-8-3-9(15-10(13)14-8)16-4-6-1-2-7(5-16)17(6)11(18)19/h3,6-7H,1-2,4-5H2,(H,18,19)/t6-,7+. The summed E-state index contributed by atoms with van der Waals surface area (Å²) in [6, 6.07) is 1.69. The lowest BCUT2D eigenvalue weighted by molar-refractivity contribution is 0.114. The largest absolute Gasteiger partial charge is 0.465 e. The van der Waals surface area contributed by atoms with Crippen LogP contribution in [0.2, 0.25) is 10.4 Å². The molecule has 2 saturated heterocycles. The lowest BCUT2D eigenvalue weighted by Gasteiger charge is -2.40. The summed E-state index contributed by atoms with van der Waals surface area (Å²) < 4.78 is 0. The van der Waals surface area contributed by atoms with E-state index in [1.54, 1.807) is 11.0 Å². The van der Waals surface area contributed by atoms with Gasteiger partial charge in [-0.2, -0.15) is 0 Å². The fraction of sp³-hybridized carbons (Fsp3) is 0.545. The molecule has 1 amide bonds. The normalized spacial score (nSPS) is 25.8. The molecule has 1 aromatic heterocycles. The number of piperazine rings is 1. The summed E-state index contributed by atoms with van der Waals surface area (Å²) in [6.45, 7) is 1.24. The second-order valence-electron chi connectivity index (χ2n) is 4.80. The van der Waals surface area contributed by atoms with Gasteiger partial charge in [0.1, 0.15) is 11.0 Å². The van der Waals surface area contributed by atoms with Crippen molar-refractivity contribution in [2.45, 2.75) is 24.9 Å². The van der Waals surface area contributed by atoms with Crippen molar-refractivity contribution >= 4 is 35.1 Å². The van der Waals surface area contributed by atoms with E-state index in [0.29, 0.717) is 24.1 Å². The van der Waals surface area contributed by atoms with E-state index in [0.717, 1.165) is 12.8 Å². The van der Waals surface area contributed by atoms with E-state index in [4.69, 9.17) is 23.2 Å². The molecule has 0 aromatic carbocycles. The Morgan fingerprint density at radius 3 is 2.42 bits per heavy atom. The van der Waals surface area contributed by atoms with Gasteiger partial charge in [0.25, 0.3) is 0 Å². The first-order valence-corrected chi connectivity index (χ1v) is 6.76. The number of fused-ring (bicyclic) bond motifs is 2. The summed E-state index contributed by atoms with van der Waals surface area (Å²) >= 11 is 11.7. The predicted octanol–water partition coefficient (Wildman–Crippen LogP) is 2.11.